The second-order valence-corrected chi connectivity index (χ2v) is 5.31. The monoisotopic (exact) mass is 210 g/mol. The summed E-state index contributed by atoms with van der Waals surface area (Å²) in [6, 6.07) is 10.5. The van der Waals surface area contributed by atoms with E-state index in [9.17, 15) is 0 Å². The van der Waals surface area contributed by atoms with Crippen LogP contribution in [0, 0.1) is 5.41 Å². The quantitative estimate of drug-likeness (QED) is 0.635. The lowest BCUT2D eigenvalue weighted by atomic mass is 9.94. The van der Waals surface area contributed by atoms with Crippen molar-refractivity contribution < 1.29 is 0 Å². The van der Waals surface area contributed by atoms with E-state index in [0.29, 0.717) is 0 Å². The molecule has 0 aliphatic heterocycles. The van der Waals surface area contributed by atoms with Crippen molar-refractivity contribution in [2.45, 2.75) is 20.8 Å². The van der Waals surface area contributed by atoms with Gasteiger partial charge in [-0.2, -0.15) is 0 Å². The van der Waals surface area contributed by atoms with Gasteiger partial charge in [0.25, 0.3) is 0 Å². The molecule has 1 aromatic carbocycles. The van der Waals surface area contributed by atoms with Gasteiger partial charge in [-0.05, 0) is 28.2 Å². The average molecular weight is 210 g/mol. The summed E-state index contributed by atoms with van der Waals surface area (Å²) in [4.78, 5) is 0. The normalized spacial score (nSPS) is 17.9. The smallest absolute Gasteiger partial charge is 0.0178 e. The number of rotatable bonds is 1. The lowest BCUT2D eigenvalue weighted by molar-refractivity contribution is 0.542. The van der Waals surface area contributed by atoms with Gasteiger partial charge in [0.05, 0.1) is 0 Å². The lowest BCUT2D eigenvalue weighted by Gasteiger charge is -2.12. The van der Waals surface area contributed by atoms with Crippen molar-refractivity contribution in [1.29, 1.82) is 0 Å². The minimum absolute atomic E-state index is 0.238. The lowest BCUT2D eigenvalue weighted by Crippen LogP contribution is -1.99. The Hall–Kier alpha value is -1.56. The fourth-order valence-corrected chi connectivity index (χ4v) is 1.86. The summed E-state index contributed by atoms with van der Waals surface area (Å²) in [5, 5.41) is 0. The van der Waals surface area contributed by atoms with E-state index in [2.05, 4.69) is 75.4 Å². The van der Waals surface area contributed by atoms with Crippen LogP contribution in [-0.4, -0.2) is 0 Å². The van der Waals surface area contributed by atoms with E-state index >= 15 is 0 Å². The van der Waals surface area contributed by atoms with Gasteiger partial charge in [0.1, 0.15) is 0 Å². The molecule has 0 atom stereocenters. The highest BCUT2D eigenvalue weighted by molar-refractivity contribution is 5.81. The molecule has 1 aliphatic rings. The third-order valence-electron chi connectivity index (χ3n) is 2.48. The highest BCUT2D eigenvalue weighted by Crippen LogP contribution is 2.27. The van der Waals surface area contributed by atoms with E-state index in [4.69, 9.17) is 0 Å². The molecule has 0 spiro atoms. The van der Waals surface area contributed by atoms with Crippen LogP contribution in [0.5, 0.6) is 0 Å². The van der Waals surface area contributed by atoms with Crippen LogP contribution in [0.2, 0.25) is 0 Å². The number of benzene rings is 1. The predicted octanol–water partition coefficient (Wildman–Crippen LogP) is 4.61. The van der Waals surface area contributed by atoms with Gasteiger partial charge in [0.2, 0.25) is 0 Å². The molecule has 0 amide bonds. The number of allylic oxidation sites excluding steroid dienone is 6. The highest BCUT2D eigenvalue weighted by atomic mass is 14.1. The molecule has 0 N–H and O–H groups in total. The van der Waals surface area contributed by atoms with Crippen molar-refractivity contribution in [3.05, 3.63) is 65.8 Å². The van der Waals surface area contributed by atoms with Crippen LogP contribution in [0.15, 0.2) is 60.2 Å². The van der Waals surface area contributed by atoms with Crippen LogP contribution in [0.25, 0.3) is 5.57 Å². The molecule has 0 bridgehead atoms. The summed E-state index contributed by atoms with van der Waals surface area (Å²) < 4.78 is 0. The van der Waals surface area contributed by atoms with Gasteiger partial charge in [-0.15, -0.1) is 0 Å². The largest absolute Gasteiger partial charge is 0.0718 e. The second-order valence-electron chi connectivity index (χ2n) is 5.31. The van der Waals surface area contributed by atoms with Crippen LogP contribution in [-0.2, 0) is 0 Å². The maximum atomic E-state index is 2.30. The first-order chi connectivity index (χ1) is 7.54. The van der Waals surface area contributed by atoms with Gasteiger partial charge < -0.3 is 0 Å². The molecular weight excluding hydrogens is 192 g/mol. The minimum Gasteiger partial charge on any atom is -0.0718 e. The molecule has 0 saturated carbocycles. The van der Waals surface area contributed by atoms with E-state index in [0.717, 1.165) is 0 Å². The van der Waals surface area contributed by atoms with Crippen molar-refractivity contribution in [2.75, 3.05) is 0 Å². The van der Waals surface area contributed by atoms with Crippen LogP contribution in [0.4, 0.5) is 0 Å². The molecule has 0 nitrogen and oxygen atoms in total. The van der Waals surface area contributed by atoms with Crippen LogP contribution in [0.1, 0.15) is 26.3 Å². The first-order valence-electron chi connectivity index (χ1n) is 5.73. The van der Waals surface area contributed by atoms with Gasteiger partial charge >= 0.3 is 0 Å². The zero-order valence-corrected chi connectivity index (χ0v) is 10.2. The van der Waals surface area contributed by atoms with E-state index in [1.807, 2.05) is 0 Å². The summed E-state index contributed by atoms with van der Waals surface area (Å²) in [5.41, 5.74) is 4.14. The summed E-state index contributed by atoms with van der Waals surface area (Å²) in [7, 11) is 0. The predicted molar refractivity (Wildman–Crippen MR) is 71.1 cm³/mol. The third kappa shape index (κ3) is 2.73. The molecule has 0 fully saturated rings. The molecule has 0 aromatic heterocycles. The highest BCUT2D eigenvalue weighted by Gasteiger charge is 2.09. The topological polar surface area (TPSA) is 0 Å². The first-order valence-corrected chi connectivity index (χ1v) is 5.73. The van der Waals surface area contributed by atoms with Crippen LogP contribution >= 0.6 is 0 Å². The number of hydrogen-bond acceptors (Lipinski definition) is 0. The van der Waals surface area contributed by atoms with Crippen molar-refractivity contribution in [3.63, 3.8) is 0 Å². The molecule has 0 unspecified atom stereocenters. The van der Waals surface area contributed by atoms with E-state index in [1.54, 1.807) is 0 Å². The van der Waals surface area contributed by atoms with Gasteiger partial charge in [-0.3, -0.25) is 0 Å². The Kier molecular flexibility index (Phi) is 2.82. The van der Waals surface area contributed by atoms with Crippen LogP contribution < -0.4 is 0 Å². The molecule has 2 rings (SSSR count). The SMILES string of the molecule is CC(C)(C)C=C1C=CC(c2ccccc2)=C1. The fraction of sp³-hybridized carbons (Fsp3) is 0.250. The van der Waals surface area contributed by atoms with Crippen molar-refractivity contribution in [3.8, 4) is 0 Å². The molecule has 82 valence electrons. The zero-order chi connectivity index (χ0) is 11.6. The van der Waals surface area contributed by atoms with Gasteiger partial charge in [0, 0.05) is 0 Å². The fourth-order valence-electron chi connectivity index (χ4n) is 1.86. The van der Waals surface area contributed by atoms with E-state index in [1.165, 1.54) is 16.7 Å². The molecule has 0 heteroatoms. The summed E-state index contributed by atoms with van der Waals surface area (Å²) >= 11 is 0. The third-order valence-corrected chi connectivity index (χ3v) is 2.48. The summed E-state index contributed by atoms with van der Waals surface area (Å²) in [6.45, 7) is 6.67. The summed E-state index contributed by atoms with van der Waals surface area (Å²) in [5.74, 6) is 0. The van der Waals surface area contributed by atoms with Crippen molar-refractivity contribution in [1.82, 2.24) is 0 Å². The molecular formula is C16H18. The van der Waals surface area contributed by atoms with Crippen molar-refractivity contribution in [2.24, 2.45) is 5.41 Å². The minimum atomic E-state index is 0.238. The molecule has 0 radical (unpaired) electrons. The number of hydrogen-bond donors (Lipinski definition) is 0. The molecule has 16 heavy (non-hydrogen) atoms. The maximum absolute atomic E-state index is 2.30. The second kappa shape index (κ2) is 4.13. The Balaban J connectivity index is 2.27. The Bertz CT molecular complexity index is 451. The van der Waals surface area contributed by atoms with Crippen LogP contribution in [0.3, 0.4) is 0 Å². The van der Waals surface area contributed by atoms with E-state index < -0.39 is 0 Å². The van der Waals surface area contributed by atoms with E-state index in [-0.39, 0.29) is 5.41 Å². The Morgan fingerprint density at radius 2 is 1.62 bits per heavy atom. The van der Waals surface area contributed by atoms with Gasteiger partial charge in [-0.1, -0.05) is 69.3 Å². The Morgan fingerprint density at radius 1 is 0.938 bits per heavy atom. The standard InChI is InChI=1S/C16H18/c1-16(2,3)12-13-9-10-15(11-13)14-7-5-4-6-8-14/h4-12H,1-3H3. The molecule has 0 heterocycles. The van der Waals surface area contributed by atoms with Crippen molar-refractivity contribution >= 4 is 5.57 Å². The molecule has 1 aromatic rings. The van der Waals surface area contributed by atoms with Gasteiger partial charge in [-0.25, -0.2) is 0 Å². The van der Waals surface area contributed by atoms with Gasteiger partial charge in [0.15, 0.2) is 0 Å². The summed E-state index contributed by atoms with van der Waals surface area (Å²) in [6.07, 6.45) is 8.93. The molecule has 0 saturated heterocycles. The Labute approximate surface area is 98.0 Å². The molecule has 1 aliphatic carbocycles. The first kappa shape index (κ1) is 10.9. The zero-order valence-electron chi connectivity index (χ0n) is 10.2. The Morgan fingerprint density at radius 3 is 2.25 bits per heavy atom. The maximum Gasteiger partial charge on any atom is -0.0178 e. The average Bonchev–Trinajstić information content (AvgIpc) is 2.65.